The zero-order valence-electron chi connectivity index (χ0n) is 9.28. The molecule has 1 atom stereocenters. The number of rotatable bonds is 4. The van der Waals surface area contributed by atoms with Gasteiger partial charge in [0.05, 0.1) is 13.7 Å². The van der Waals surface area contributed by atoms with Crippen LogP contribution in [0.15, 0.2) is 0 Å². The number of hydrogen-bond acceptors (Lipinski definition) is 4. The average molecular weight is 214 g/mol. The van der Waals surface area contributed by atoms with Crippen LogP contribution in [0.2, 0.25) is 0 Å². The third-order valence-electron chi connectivity index (χ3n) is 2.56. The maximum atomic E-state index is 11.4. The van der Waals surface area contributed by atoms with Gasteiger partial charge in [0.25, 0.3) is 0 Å². The van der Waals surface area contributed by atoms with Gasteiger partial charge in [0, 0.05) is 6.54 Å². The van der Waals surface area contributed by atoms with Crippen LogP contribution < -0.4 is 5.32 Å². The van der Waals surface area contributed by atoms with Crippen LogP contribution >= 0.6 is 0 Å². The Balaban J connectivity index is 2.46. The Morgan fingerprint density at radius 1 is 1.53 bits per heavy atom. The standard InChI is InChI=1S/C10H18N2O3/c1-3-11-9(13)7-12-6-4-5-8(12)10(14)15-2/h8H,3-7H2,1-2H3,(H,11,13). The lowest BCUT2D eigenvalue weighted by Crippen LogP contribution is -2.43. The smallest absolute Gasteiger partial charge is 0.323 e. The molecule has 1 fully saturated rings. The number of ether oxygens (including phenoxy) is 1. The minimum absolute atomic E-state index is 0.0340. The van der Waals surface area contributed by atoms with Gasteiger partial charge < -0.3 is 10.1 Å². The van der Waals surface area contributed by atoms with Crippen molar-refractivity contribution in [3.63, 3.8) is 0 Å². The van der Waals surface area contributed by atoms with Crippen molar-refractivity contribution in [2.24, 2.45) is 0 Å². The minimum Gasteiger partial charge on any atom is -0.468 e. The maximum Gasteiger partial charge on any atom is 0.323 e. The van der Waals surface area contributed by atoms with E-state index in [0.717, 1.165) is 19.4 Å². The molecule has 0 saturated carbocycles. The Bertz CT molecular complexity index is 243. The van der Waals surface area contributed by atoms with Crippen molar-refractivity contribution < 1.29 is 14.3 Å². The lowest BCUT2D eigenvalue weighted by atomic mass is 10.2. The number of carbonyl (C=O) groups is 2. The molecule has 0 aliphatic carbocycles. The largest absolute Gasteiger partial charge is 0.468 e. The van der Waals surface area contributed by atoms with Gasteiger partial charge in [0.1, 0.15) is 6.04 Å². The first-order chi connectivity index (χ1) is 7.19. The van der Waals surface area contributed by atoms with Crippen molar-refractivity contribution in [1.29, 1.82) is 0 Å². The quantitative estimate of drug-likeness (QED) is 0.656. The molecule has 1 aliphatic heterocycles. The molecule has 1 unspecified atom stereocenters. The van der Waals surface area contributed by atoms with Crippen LogP contribution in [0.1, 0.15) is 19.8 Å². The van der Waals surface area contributed by atoms with Crippen molar-refractivity contribution in [2.75, 3.05) is 26.7 Å². The first kappa shape index (κ1) is 12.0. The van der Waals surface area contributed by atoms with Gasteiger partial charge in [0.2, 0.25) is 5.91 Å². The van der Waals surface area contributed by atoms with E-state index in [2.05, 4.69) is 5.32 Å². The zero-order chi connectivity index (χ0) is 11.3. The van der Waals surface area contributed by atoms with Gasteiger partial charge in [-0.05, 0) is 26.3 Å². The molecule has 0 spiro atoms. The van der Waals surface area contributed by atoms with Crippen molar-refractivity contribution in [1.82, 2.24) is 10.2 Å². The van der Waals surface area contributed by atoms with Gasteiger partial charge >= 0.3 is 5.97 Å². The molecule has 86 valence electrons. The van der Waals surface area contributed by atoms with E-state index in [4.69, 9.17) is 4.74 Å². The monoisotopic (exact) mass is 214 g/mol. The van der Waals surface area contributed by atoms with Gasteiger partial charge in [-0.1, -0.05) is 0 Å². The number of likely N-dealkylation sites (tertiary alicyclic amines) is 1. The van der Waals surface area contributed by atoms with Crippen LogP contribution in [0, 0.1) is 0 Å². The number of hydrogen-bond donors (Lipinski definition) is 1. The summed E-state index contributed by atoms with van der Waals surface area (Å²) in [6.45, 7) is 3.57. The van der Waals surface area contributed by atoms with Crippen LogP contribution in [0.5, 0.6) is 0 Å². The summed E-state index contributed by atoms with van der Waals surface area (Å²) in [5.41, 5.74) is 0. The Kier molecular flexibility index (Phi) is 4.55. The van der Waals surface area contributed by atoms with Crippen LogP contribution in [-0.4, -0.2) is 49.6 Å². The molecule has 1 heterocycles. The fraction of sp³-hybridized carbons (Fsp3) is 0.800. The number of likely N-dealkylation sites (N-methyl/N-ethyl adjacent to an activating group) is 1. The number of amides is 1. The van der Waals surface area contributed by atoms with E-state index in [0.29, 0.717) is 6.54 Å². The molecule has 0 bridgehead atoms. The molecule has 1 amide bonds. The molecule has 1 aliphatic rings. The summed E-state index contributed by atoms with van der Waals surface area (Å²) in [4.78, 5) is 24.6. The molecule has 0 aromatic heterocycles. The number of methoxy groups -OCH3 is 1. The third kappa shape index (κ3) is 3.20. The van der Waals surface area contributed by atoms with Crippen LogP contribution in [0.25, 0.3) is 0 Å². The van der Waals surface area contributed by atoms with Gasteiger partial charge in [-0.15, -0.1) is 0 Å². The average Bonchev–Trinajstić information content (AvgIpc) is 2.65. The van der Waals surface area contributed by atoms with Crippen molar-refractivity contribution in [3.05, 3.63) is 0 Å². The second-order valence-corrected chi connectivity index (χ2v) is 3.61. The van der Waals surface area contributed by atoms with E-state index in [1.807, 2.05) is 11.8 Å². The highest BCUT2D eigenvalue weighted by atomic mass is 16.5. The third-order valence-corrected chi connectivity index (χ3v) is 2.56. The van der Waals surface area contributed by atoms with Crippen molar-refractivity contribution in [3.8, 4) is 0 Å². The second kappa shape index (κ2) is 5.70. The lowest BCUT2D eigenvalue weighted by Gasteiger charge is -2.21. The molecule has 0 aromatic carbocycles. The molecule has 5 heteroatoms. The van der Waals surface area contributed by atoms with Crippen molar-refractivity contribution >= 4 is 11.9 Å². The van der Waals surface area contributed by atoms with Gasteiger partial charge in [-0.25, -0.2) is 0 Å². The second-order valence-electron chi connectivity index (χ2n) is 3.61. The summed E-state index contributed by atoms with van der Waals surface area (Å²) in [7, 11) is 1.38. The number of nitrogens with one attached hydrogen (secondary N) is 1. The van der Waals surface area contributed by atoms with E-state index in [9.17, 15) is 9.59 Å². The number of nitrogens with zero attached hydrogens (tertiary/aromatic N) is 1. The van der Waals surface area contributed by atoms with Gasteiger partial charge in [-0.3, -0.25) is 14.5 Å². The Labute approximate surface area is 89.8 Å². The molecule has 0 radical (unpaired) electrons. The first-order valence-corrected chi connectivity index (χ1v) is 5.27. The Morgan fingerprint density at radius 2 is 2.27 bits per heavy atom. The summed E-state index contributed by atoms with van der Waals surface area (Å²) in [6, 6.07) is -0.238. The number of esters is 1. The van der Waals surface area contributed by atoms with E-state index >= 15 is 0 Å². The van der Waals surface area contributed by atoms with E-state index < -0.39 is 0 Å². The predicted molar refractivity (Wildman–Crippen MR) is 55.3 cm³/mol. The van der Waals surface area contributed by atoms with Gasteiger partial charge in [0.15, 0.2) is 0 Å². The molecule has 1 saturated heterocycles. The molecular formula is C10H18N2O3. The van der Waals surface area contributed by atoms with Gasteiger partial charge in [-0.2, -0.15) is 0 Å². The predicted octanol–water partition coefficient (Wildman–Crippen LogP) is -0.240. The molecule has 5 nitrogen and oxygen atoms in total. The SMILES string of the molecule is CCNC(=O)CN1CCCC1C(=O)OC. The highest BCUT2D eigenvalue weighted by molar-refractivity contribution is 5.80. The maximum absolute atomic E-state index is 11.4. The van der Waals surface area contributed by atoms with Crippen LogP contribution in [0.3, 0.4) is 0 Å². The van der Waals surface area contributed by atoms with E-state index in [1.165, 1.54) is 7.11 Å². The van der Waals surface area contributed by atoms with E-state index in [-0.39, 0.29) is 24.5 Å². The summed E-state index contributed by atoms with van der Waals surface area (Å²) >= 11 is 0. The fourth-order valence-electron chi connectivity index (χ4n) is 1.86. The molecule has 1 N–H and O–H groups in total. The Hall–Kier alpha value is -1.10. The zero-order valence-corrected chi connectivity index (χ0v) is 9.28. The highest BCUT2D eigenvalue weighted by Gasteiger charge is 2.32. The van der Waals surface area contributed by atoms with E-state index in [1.54, 1.807) is 0 Å². The topological polar surface area (TPSA) is 58.6 Å². The Morgan fingerprint density at radius 3 is 2.87 bits per heavy atom. The molecular weight excluding hydrogens is 196 g/mol. The van der Waals surface area contributed by atoms with Crippen molar-refractivity contribution in [2.45, 2.75) is 25.8 Å². The number of carbonyl (C=O) groups excluding carboxylic acids is 2. The summed E-state index contributed by atoms with van der Waals surface area (Å²) in [5, 5.41) is 2.72. The van der Waals surface area contributed by atoms with Crippen LogP contribution in [-0.2, 0) is 14.3 Å². The van der Waals surface area contributed by atoms with Crippen LogP contribution in [0.4, 0.5) is 0 Å². The first-order valence-electron chi connectivity index (χ1n) is 5.27. The summed E-state index contributed by atoms with van der Waals surface area (Å²) in [6.07, 6.45) is 1.73. The molecule has 1 rings (SSSR count). The lowest BCUT2D eigenvalue weighted by molar-refractivity contribution is -0.146. The summed E-state index contributed by atoms with van der Waals surface area (Å²) < 4.78 is 4.69. The molecule has 15 heavy (non-hydrogen) atoms. The normalized spacial score (nSPS) is 21.3. The minimum atomic E-state index is -0.239. The fourth-order valence-corrected chi connectivity index (χ4v) is 1.86. The highest BCUT2D eigenvalue weighted by Crippen LogP contribution is 2.17. The molecule has 0 aromatic rings. The summed E-state index contributed by atoms with van der Waals surface area (Å²) in [5.74, 6) is -0.273.